The van der Waals surface area contributed by atoms with Gasteiger partial charge in [-0.1, -0.05) is 41.9 Å². The predicted molar refractivity (Wildman–Crippen MR) is 109 cm³/mol. The van der Waals surface area contributed by atoms with Crippen LogP contribution in [0, 0.1) is 0 Å². The molecule has 0 aliphatic heterocycles. The number of para-hydroxylation sites is 1. The van der Waals surface area contributed by atoms with E-state index < -0.39 is 11.3 Å². The van der Waals surface area contributed by atoms with Gasteiger partial charge in [-0.3, -0.25) is 9.59 Å². The maximum absolute atomic E-state index is 12.5. The zero-order chi connectivity index (χ0) is 20.8. The largest absolute Gasteiger partial charge is 0.488 e. The average molecular weight is 415 g/mol. The first-order valence-corrected chi connectivity index (χ1v) is 9.05. The molecule has 1 aromatic heterocycles. The van der Waals surface area contributed by atoms with E-state index in [4.69, 9.17) is 25.8 Å². The molecule has 0 saturated heterocycles. The van der Waals surface area contributed by atoms with Gasteiger partial charge in [-0.2, -0.15) is 0 Å². The fraction of sp³-hybridized carbons (Fsp3) is 0.143. The fourth-order valence-corrected chi connectivity index (χ4v) is 2.90. The van der Waals surface area contributed by atoms with E-state index in [0.717, 1.165) is 11.3 Å². The third kappa shape index (κ3) is 4.70. The summed E-state index contributed by atoms with van der Waals surface area (Å²) in [5.41, 5.74) is -0.0719. The van der Waals surface area contributed by atoms with Gasteiger partial charge in [-0.05, 0) is 29.8 Å². The molecule has 7 nitrogen and oxygen atoms in total. The number of hydrogen-bond donors (Lipinski definition) is 2. The van der Waals surface area contributed by atoms with Crippen LogP contribution < -0.4 is 25.0 Å². The van der Waals surface area contributed by atoms with Crippen LogP contribution in [0.1, 0.15) is 15.9 Å². The van der Waals surface area contributed by atoms with Crippen molar-refractivity contribution in [3.63, 3.8) is 0 Å². The highest BCUT2D eigenvalue weighted by molar-refractivity contribution is 6.32. The molecule has 2 N–H and O–H groups in total. The first-order chi connectivity index (χ1) is 14.0. The highest BCUT2D eigenvalue weighted by atomic mass is 35.5. The van der Waals surface area contributed by atoms with Crippen molar-refractivity contribution in [1.29, 1.82) is 0 Å². The molecule has 0 unspecified atom stereocenters. The maximum atomic E-state index is 12.5. The third-order valence-electron chi connectivity index (χ3n) is 4.07. The fourth-order valence-electron chi connectivity index (χ4n) is 2.64. The number of carbonyl (C=O) groups excluding carboxylic acids is 1. The van der Waals surface area contributed by atoms with Gasteiger partial charge in [0.15, 0.2) is 0 Å². The molecule has 0 radical (unpaired) electrons. The summed E-state index contributed by atoms with van der Waals surface area (Å²) in [5.74, 6) is 0.709. The van der Waals surface area contributed by atoms with Gasteiger partial charge in [0, 0.05) is 6.54 Å². The van der Waals surface area contributed by atoms with Crippen LogP contribution in [-0.2, 0) is 6.54 Å². The number of benzene rings is 2. The lowest BCUT2D eigenvalue weighted by molar-refractivity contribution is 0.0949. The minimum atomic E-state index is -0.655. The third-order valence-corrected chi connectivity index (χ3v) is 4.36. The molecule has 8 heteroatoms. The van der Waals surface area contributed by atoms with E-state index in [0.29, 0.717) is 5.75 Å². The quantitative estimate of drug-likeness (QED) is 0.574. The van der Waals surface area contributed by atoms with E-state index in [2.05, 4.69) is 10.3 Å². The molecule has 0 spiro atoms. The number of aromatic nitrogens is 1. The van der Waals surface area contributed by atoms with Crippen LogP contribution in [0.3, 0.4) is 0 Å². The van der Waals surface area contributed by atoms with E-state index in [9.17, 15) is 9.59 Å². The van der Waals surface area contributed by atoms with Crippen molar-refractivity contribution in [3.05, 3.63) is 81.1 Å². The van der Waals surface area contributed by atoms with Gasteiger partial charge in [0.2, 0.25) is 17.1 Å². The predicted octanol–water partition coefficient (Wildman–Crippen LogP) is 3.77. The smallest absolute Gasteiger partial charge is 0.258 e. The maximum Gasteiger partial charge on any atom is 0.258 e. The van der Waals surface area contributed by atoms with E-state index in [1.54, 1.807) is 12.1 Å². The van der Waals surface area contributed by atoms with Crippen LogP contribution in [0.4, 0.5) is 0 Å². The van der Waals surface area contributed by atoms with E-state index in [1.165, 1.54) is 14.2 Å². The monoisotopic (exact) mass is 414 g/mol. The number of amides is 1. The first kappa shape index (κ1) is 20.3. The number of hydrogen-bond acceptors (Lipinski definition) is 5. The first-order valence-electron chi connectivity index (χ1n) is 8.67. The highest BCUT2D eigenvalue weighted by Gasteiger charge is 2.22. The molecule has 1 heterocycles. The molecule has 2 aromatic carbocycles. The van der Waals surface area contributed by atoms with Crippen molar-refractivity contribution in [3.8, 4) is 23.1 Å². The molecule has 0 bridgehead atoms. The number of aromatic amines is 1. The number of halogens is 1. The minimum absolute atomic E-state index is 0.0491. The second-order valence-corrected chi connectivity index (χ2v) is 6.33. The summed E-state index contributed by atoms with van der Waals surface area (Å²) in [7, 11) is 2.66. The van der Waals surface area contributed by atoms with Gasteiger partial charge in [0.1, 0.15) is 22.2 Å². The van der Waals surface area contributed by atoms with Crippen LogP contribution >= 0.6 is 11.6 Å². The van der Waals surface area contributed by atoms with E-state index in [1.807, 2.05) is 42.5 Å². The van der Waals surface area contributed by atoms with Crippen molar-refractivity contribution in [2.45, 2.75) is 6.54 Å². The molecule has 150 valence electrons. The van der Waals surface area contributed by atoms with Gasteiger partial charge in [0.25, 0.3) is 5.91 Å². The molecule has 0 aliphatic carbocycles. The molecular weight excluding hydrogens is 396 g/mol. The summed E-state index contributed by atoms with van der Waals surface area (Å²) < 4.78 is 15.8. The molecule has 3 rings (SSSR count). The Morgan fingerprint density at radius 1 is 1.00 bits per heavy atom. The van der Waals surface area contributed by atoms with Gasteiger partial charge in [0.05, 0.1) is 14.2 Å². The molecule has 0 saturated carbocycles. The number of ether oxygens (including phenoxy) is 3. The average Bonchev–Trinajstić information content (AvgIpc) is 2.73. The van der Waals surface area contributed by atoms with Crippen molar-refractivity contribution < 1.29 is 19.0 Å². The van der Waals surface area contributed by atoms with Crippen molar-refractivity contribution >= 4 is 17.5 Å². The zero-order valence-electron chi connectivity index (χ0n) is 15.8. The Hall–Kier alpha value is -3.45. The second kappa shape index (κ2) is 9.16. The summed E-state index contributed by atoms with van der Waals surface area (Å²) in [6.07, 6.45) is 0. The van der Waals surface area contributed by atoms with Crippen LogP contribution in [0.5, 0.6) is 23.1 Å². The number of nitrogens with one attached hydrogen (secondary N) is 2. The standard InChI is InChI=1S/C21H19ClN2O5/c1-27-18-17(25)16(19(22)24-21(18)28-2)20(26)23-12-13-8-10-15(11-9-13)29-14-6-4-3-5-7-14/h3-11H,12H2,1-2H3,(H,23,26)(H,24,25). The van der Waals surface area contributed by atoms with Gasteiger partial charge in [-0.25, -0.2) is 0 Å². The van der Waals surface area contributed by atoms with Crippen LogP contribution in [0.15, 0.2) is 59.4 Å². The summed E-state index contributed by atoms with van der Waals surface area (Å²) in [5, 5.41) is 2.55. The van der Waals surface area contributed by atoms with E-state index >= 15 is 0 Å². The second-order valence-electron chi connectivity index (χ2n) is 5.95. The number of carbonyl (C=O) groups is 1. The Morgan fingerprint density at radius 2 is 1.66 bits per heavy atom. The number of methoxy groups -OCH3 is 2. The Bertz CT molecular complexity index is 1050. The normalized spacial score (nSPS) is 10.3. The lowest BCUT2D eigenvalue weighted by atomic mass is 10.2. The minimum Gasteiger partial charge on any atom is -0.488 e. The Labute approximate surface area is 172 Å². The Kier molecular flexibility index (Phi) is 6.41. The van der Waals surface area contributed by atoms with Crippen LogP contribution in [0.2, 0.25) is 5.15 Å². The SMILES string of the molecule is COc1[nH]c(Cl)c(C(=O)NCc2ccc(Oc3ccccc3)cc2)c(=O)c1OC. The molecule has 0 atom stereocenters. The van der Waals surface area contributed by atoms with E-state index in [-0.39, 0.29) is 28.9 Å². The van der Waals surface area contributed by atoms with Gasteiger partial charge < -0.3 is 24.5 Å². The number of rotatable bonds is 7. The lowest BCUT2D eigenvalue weighted by Crippen LogP contribution is -2.29. The Morgan fingerprint density at radius 3 is 2.28 bits per heavy atom. The van der Waals surface area contributed by atoms with Crippen LogP contribution in [-0.4, -0.2) is 25.1 Å². The van der Waals surface area contributed by atoms with Gasteiger partial charge >= 0.3 is 0 Å². The summed E-state index contributed by atoms with van der Waals surface area (Å²) in [6.45, 7) is 0.203. The van der Waals surface area contributed by atoms with Crippen LogP contribution in [0.25, 0.3) is 0 Å². The number of pyridine rings is 1. The number of H-pyrrole nitrogens is 1. The molecule has 0 aliphatic rings. The lowest BCUT2D eigenvalue weighted by Gasteiger charge is -2.11. The molecule has 3 aromatic rings. The summed E-state index contributed by atoms with van der Waals surface area (Å²) in [4.78, 5) is 27.6. The highest BCUT2D eigenvalue weighted by Crippen LogP contribution is 2.24. The molecule has 29 heavy (non-hydrogen) atoms. The summed E-state index contributed by atoms with van der Waals surface area (Å²) >= 11 is 6.05. The van der Waals surface area contributed by atoms with Crippen molar-refractivity contribution in [2.75, 3.05) is 14.2 Å². The van der Waals surface area contributed by atoms with Crippen molar-refractivity contribution in [1.82, 2.24) is 10.3 Å². The zero-order valence-corrected chi connectivity index (χ0v) is 16.6. The molecule has 1 amide bonds. The van der Waals surface area contributed by atoms with Crippen molar-refractivity contribution in [2.24, 2.45) is 0 Å². The Balaban J connectivity index is 1.69. The summed E-state index contributed by atoms with van der Waals surface area (Å²) in [6, 6.07) is 16.6. The molecular formula is C21H19ClN2O5. The molecule has 0 fully saturated rings. The van der Waals surface area contributed by atoms with Gasteiger partial charge in [-0.15, -0.1) is 0 Å². The topological polar surface area (TPSA) is 89.7 Å².